The molecule has 4 heteroatoms. The Morgan fingerprint density at radius 2 is 1.95 bits per heavy atom. The molecule has 1 heterocycles. The molecule has 1 aromatic carbocycles. The zero-order valence-corrected chi connectivity index (χ0v) is 11.5. The van der Waals surface area contributed by atoms with E-state index in [2.05, 4.69) is 24.3 Å². The van der Waals surface area contributed by atoms with Crippen molar-refractivity contribution in [2.75, 3.05) is 0 Å². The van der Waals surface area contributed by atoms with Crippen molar-refractivity contribution in [3.63, 3.8) is 0 Å². The summed E-state index contributed by atoms with van der Waals surface area (Å²) in [5.74, 6) is 0.235. The van der Waals surface area contributed by atoms with Gasteiger partial charge in [0.05, 0.1) is 17.8 Å². The lowest BCUT2D eigenvalue weighted by molar-refractivity contribution is 0.0925. The highest BCUT2D eigenvalue weighted by molar-refractivity contribution is 5.93. The van der Waals surface area contributed by atoms with Crippen LogP contribution in [0.25, 0.3) is 0 Å². The van der Waals surface area contributed by atoms with Gasteiger partial charge in [-0.2, -0.15) is 5.10 Å². The fourth-order valence-electron chi connectivity index (χ4n) is 2.06. The third-order valence-electron chi connectivity index (χ3n) is 3.08. The second-order valence-corrected chi connectivity index (χ2v) is 5.01. The first-order valence-electron chi connectivity index (χ1n) is 6.42. The number of nitrogens with one attached hydrogen (secondary N) is 1. The normalized spacial score (nSPS) is 12.4. The minimum Gasteiger partial charge on any atom is -0.345 e. The average Bonchev–Trinajstić information content (AvgIpc) is 2.83. The second-order valence-electron chi connectivity index (χ2n) is 5.01. The number of carbonyl (C=O) groups excluding carboxylic acids is 1. The quantitative estimate of drug-likeness (QED) is 0.915. The van der Waals surface area contributed by atoms with Crippen molar-refractivity contribution >= 4 is 5.91 Å². The largest absolute Gasteiger partial charge is 0.345 e. The topological polar surface area (TPSA) is 46.9 Å². The number of nitrogens with zero attached hydrogens (tertiary/aromatic N) is 2. The minimum absolute atomic E-state index is 0.00825. The van der Waals surface area contributed by atoms with E-state index in [1.165, 1.54) is 0 Å². The molecule has 1 amide bonds. The van der Waals surface area contributed by atoms with Crippen LogP contribution in [0.15, 0.2) is 42.7 Å². The minimum atomic E-state index is -0.0874. The molecule has 1 N–H and O–H groups in total. The summed E-state index contributed by atoms with van der Waals surface area (Å²) in [4.78, 5) is 12.2. The molecule has 0 aliphatic carbocycles. The van der Waals surface area contributed by atoms with Gasteiger partial charge in [0.25, 0.3) is 5.91 Å². The van der Waals surface area contributed by atoms with Crippen LogP contribution >= 0.6 is 0 Å². The van der Waals surface area contributed by atoms with Gasteiger partial charge in [0.15, 0.2) is 0 Å². The zero-order chi connectivity index (χ0) is 13.8. The summed E-state index contributed by atoms with van der Waals surface area (Å²) in [6.45, 7) is 4.20. The molecule has 0 fully saturated rings. The van der Waals surface area contributed by atoms with E-state index in [1.807, 2.05) is 30.3 Å². The van der Waals surface area contributed by atoms with Gasteiger partial charge in [-0.15, -0.1) is 0 Å². The first kappa shape index (κ1) is 13.3. The molecule has 0 radical (unpaired) electrons. The molecule has 0 saturated heterocycles. The second kappa shape index (κ2) is 5.69. The molecule has 1 atom stereocenters. The fraction of sp³-hybridized carbons (Fsp3) is 0.333. The highest BCUT2D eigenvalue weighted by Gasteiger charge is 2.19. The molecule has 19 heavy (non-hydrogen) atoms. The molecule has 0 bridgehead atoms. The molecule has 2 aromatic rings. The summed E-state index contributed by atoms with van der Waals surface area (Å²) in [6, 6.07) is 10.0. The first-order valence-corrected chi connectivity index (χ1v) is 6.42. The molecule has 0 saturated carbocycles. The van der Waals surface area contributed by atoms with Crippen LogP contribution in [0.3, 0.4) is 0 Å². The smallest absolute Gasteiger partial charge is 0.254 e. The molecular formula is C15H19N3O. The van der Waals surface area contributed by atoms with E-state index < -0.39 is 0 Å². The Balaban J connectivity index is 2.16. The van der Waals surface area contributed by atoms with Gasteiger partial charge >= 0.3 is 0 Å². The average molecular weight is 257 g/mol. The monoisotopic (exact) mass is 257 g/mol. The van der Waals surface area contributed by atoms with Crippen LogP contribution in [0.5, 0.6) is 0 Å². The molecule has 0 aliphatic heterocycles. The number of carbonyl (C=O) groups is 1. The highest BCUT2D eigenvalue weighted by Crippen LogP contribution is 2.21. The summed E-state index contributed by atoms with van der Waals surface area (Å²) in [5.41, 5.74) is 1.71. The van der Waals surface area contributed by atoms with Crippen molar-refractivity contribution in [3.05, 3.63) is 53.9 Å². The maximum absolute atomic E-state index is 12.2. The number of aryl methyl sites for hydroxylation is 1. The van der Waals surface area contributed by atoms with Crippen LogP contribution in [0.1, 0.15) is 35.8 Å². The molecule has 2 rings (SSSR count). The Morgan fingerprint density at radius 3 is 2.47 bits per heavy atom. The van der Waals surface area contributed by atoms with Gasteiger partial charge in [-0.25, -0.2) is 0 Å². The molecular weight excluding hydrogens is 238 g/mol. The molecule has 4 nitrogen and oxygen atoms in total. The lowest BCUT2D eigenvalue weighted by Gasteiger charge is -2.22. The predicted molar refractivity (Wildman–Crippen MR) is 74.7 cm³/mol. The first-order chi connectivity index (χ1) is 9.08. The number of rotatable bonds is 4. The highest BCUT2D eigenvalue weighted by atomic mass is 16.1. The Hall–Kier alpha value is -2.10. The SMILES string of the molecule is CC(C)[C@H](NC(=O)c1cnn(C)c1)c1ccccc1. The zero-order valence-electron chi connectivity index (χ0n) is 11.5. The Kier molecular flexibility index (Phi) is 4.00. The van der Waals surface area contributed by atoms with Gasteiger partial charge in [-0.05, 0) is 11.5 Å². The van der Waals surface area contributed by atoms with Gasteiger partial charge in [-0.3, -0.25) is 9.48 Å². The van der Waals surface area contributed by atoms with E-state index in [-0.39, 0.29) is 11.9 Å². The van der Waals surface area contributed by atoms with Crippen LogP contribution in [0.2, 0.25) is 0 Å². The third-order valence-corrected chi connectivity index (χ3v) is 3.08. The van der Waals surface area contributed by atoms with Gasteiger partial charge in [0.2, 0.25) is 0 Å². The van der Waals surface area contributed by atoms with E-state index in [0.717, 1.165) is 5.56 Å². The third kappa shape index (κ3) is 3.22. The Morgan fingerprint density at radius 1 is 1.26 bits per heavy atom. The number of hydrogen-bond acceptors (Lipinski definition) is 2. The van der Waals surface area contributed by atoms with E-state index >= 15 is 0 Å². The van der Waals surface area contributed by atoms with E-state index in [4.69, 9.17) is 0 Å². The van der Waals surface area contributed by atoms with E-state index in [1.54, 1.807) is 24.1 Å². The number of aromatic nitrogens is 2. The molecule has 100 valence electrons. The summed E-state index contributed by atoms with van der Waals surface area (Å²) >= 11 is 0. The summed E-state index contributed by atoms with van der Waals surface area (Å²) in [7, 11) is 1.80. The number of amides is 1. The number of benzene rings is 1. The standard InChI is InChI=1S/C15H19N3O/c1-11(2)14(12-7-5-4-6-8-12)17-15(19)13-9-16-18(3)10-13/h4-11,14H,1-3H3,(H,17,19)/t14-/m0/s1. The maximum Gasteiger partial charge on any atom is 0.254 e. The Bertz CT molecular complexity index is 546. The molecule has 0 aliphatic rings. The van der Waals surface area contributed by atoms with Gasteiger partial charge in [0, 0.05) is 13.2 Å². The van der Waals surface area contributed by atoms with Crippen LogP contribution in [0, 0.1) is 5.92 Å². The lowest BCUT2D eigenvalue weighted by atomic mass is 9.96. The van der Waals surface area contributed by atoms with Crippen molar-refractivity contribution in [1.29, 1.82) is 0 Å². The fourth-order valence-corrected chi connectivity index (χ4v) is 2.06. The van der Waals surface area contributed by atoms with Crippen LogP contribution in [-0.2, 0) is 7.05 Å². The van der Waals surface area contributed by atoms with Crippen LogP contribution < -0.4 is 5.32 Å². The molecule has 0 spiro atoms. The van der Waals surface area contributed by atoms with Crippen molar-refractivity contribution in [2.24, 2.45) is 13.0 Å². The van der Waals surface area contributed by atoms with Gasteiger partial charge in [-0.1, -0.05) is 44.2 Å². The van der Waals surface area contributed by atoms with Crippen molar-refractivity contribution in [2.45, 2.75) is 19.9 Å². The molecule has 1 aromatic heterocycles. The van der Waals surface area contributed by atoms with Crippen molar-refractivity contribution in [3.8, 4) is 0 Å². The number of hydrogen-bond donors (Lipinski definition) is 1. The van der Waals surface area contributed by atoms with E-state index in [9.17, 15) is 4.79 Å². The van der Waals surface area contributed by atoms with E-state index in [0.29, 0.717) is 11.5 Å². The summed E-state index contributed by atoms with van der Waals surface area (Å²) in [6.07, 6.45) is 3.30. The Labute approximate surface area is 113 Å². The summed E-state index contributed by atoms with van der Waals surface area (Å²) < 4.78 is 1.63. The lowest BCUT2D eigenvalue weighted by Crippen LogP contribution is -2.31. The van der Waals surface area contributed by atoms with Crippen molar-refractivity contribution < 1.29 is 4.79 Å². The van der Waals surface area contributed by atoms with Gasteiger partial charge < -0.3 is 5.32 Å². The van der Waals surface area contributed by atoms with Crippen LogP contribution in [0.4, 0.5) is 0 Å². The van der Waals surface area contributed by atoms with Gasteiger partial charge in [0.1, 0.15) is 0 Å². The summed E-state index contributed by atoms with van der Waals surface area (Å²) in [5, 5.41) is 7.09. The maximum atomic E-state index is 12.2. The van der Waals surface area contributed by atoms with Crippen LogP contribution in [-0.4, -0.2) is 15.7 Å². The molecule has 0 unspecified atom stereocenters. The van der Waals surface area contributed by atoms with Crippen molar-refractivity contribution in [1.82, 2.24) is 15.1 Å². The predicted octanol–water partition coefficient (Wildman–Crippen LogP) is 2.55.